The summed E-state index contributed by atoms with van der Waals surface area (Å²) in [6.45, 7) is 4.04. The zero-order valence-corrected chi connectivity index (χ0v) is 43.9. The van der Waals surface area contributed by atoms with Gasteiger partial charge in [0.05, 0.1) is 6.61 Å². The fraction of sp³-hybridized carbons (Fsp3) is 0.710. The molecule has 0 saturated carbocycles. The van der Waals surface area contributed by atoms with E-state index in [0.29, 0.717) is 12.8 Å². The van der Waals surface area contributed by atoms with Crippen LogP contribution in [0.2, 0.25) is 0 Å². The molecule has 0 aromatic carbocycles. The fourth-order valence-electron chi connectivity index (χ4n) is 7.93. The minimum absolute atomic E-state index is 0.0740. The van der Waals surface area contributed by atoms with E-state index in [9.17, 15) is 14.7 Å². The Balaban J connectivity index is 3.57. The van der Waals surface area contributed by atoms with Crippen LogP contribution in [0.3, 0.4) is 0 Å². The Labute approximate surface area is 415 Å². The van der Waals surface area contributed by atoms with Gasteiger partial charge in [0, 0.05) is 12.8 Å². The summed E-state index contributed by atoms with van der Waals surface area (Å²) >= 11 is 0. The number of rotatable bonds is 51. The molecule has 0 fully saturated rings. The van der Waals surface area contributed by atoms with E-state index in [1.54, 1.807) is 0 Å². The van der Waals surface area contributed by atoms with Crippen LogP contribution in [-0.4, -0.2) is 36.4 Å². The van der Waals surface area contributed by atoms with Crippen molar-refractivity contribution in [3.05, 3.63) is 97.2 Å². The van der Waals surface area contributed by atoms with Gasteiger partial charge in [-0.1, -0.05) is 272 Å². The van der Waals surface area contributed by atoms with E-state index in [1.807, 2.05) is 0 Å². The third-order valence-corrected chi connectivity index (χ3v) is 12.1. The van der Waals surface area contributed by atoms with Crippen LogP contribution < -0.4 is 0 Å². The predicted molar refractivity (Wildman–Crippen MR) is 292 cm³/mol. The number of carbonyl (C=O) groups excluding carboxylic acids is 2. The predicted octanol–water partition coefficient (Wildman–Crippen LogP) is 19.1. The van der Waals surface area contributed by atoms with Crippen LogP contribution in [0.1, 0.15) is 264 Å². The van der Waals surface area contributed by atoms with Gasteiger partial charge in [0.1, 0.15) is 6.61 Å². The molecule has 0 bridgehead atoms. The number of hydrogen-bond acceptors (Lipinski definition) is 5. The Hall–Kier alpha value is -3.18. The van der Waals surface area contributed by atoms with Crippen LogP contribution in [0, 0.1) is 0 Å². The number of aliphatic hydroxyl groups excluding tert-OH is 1. The molecule has 0 aliphatic rings. The summed E-state index contributed by atoms with van der Waals surface area (Å²) in [4.78, 5) is 24.5. The van der Waals surface area contributed by atoms with Crippen LogP contribution in [0.5, 0.6) is 0 Å². The normalized spacial score (nSPS) is 12.9. The van der Waals surface area contributed by atoms with Crippen molar-refractivity contribution in [2.45, 2.75) is 270 Å². The van der Waals surface area contributed by atoms with E-state index < -0.39 is 6.10 Å². The van der Waals surface area contributed by atoms with Crippen molar-refractivity contribution >= 4 is 11.9 Å². The molecule has 0 aromatic heterocycles. The van der Waals surface area contributed by atoms with Crippen LogP contribution in [0.15, 0.2) is 97.2 Å². The summed E-state index contributed by atoms with van der Waals surface area (Å²) in [7, 11) is 0. The molecule has 0 heterocycles. The van der Waals surface area contributed by atoms with Gasteiger partial charge >= 0.3 is 11.9 Å². The second kappa shape index (κ2) is 57.1. The Morgan fingerprint density at radius 2 is 0.642 bits per heavy atom. The number of hydrogen-bond donors (Lipinski definition) is 1. The lowest BCUT2D eigenvalue weighted by molar-refractivity contribution is -0.161. The van der Waals surface area contributed by atoms with Crippen LogP contribution in [0.25, 0.3) is 0 Å². The molecule has 0 saturated heterocycles. The lowest BCUT2D eigenvalue weighted by Crippen LogP contribution is -2.28. The number of esters is 2. The number of carbonyl (C=O) groups is 2. The number of unbranched alkanes of at least 4 members (excludes halogenated alkanes) is 27. The molecule has 0 aliphatic heterocycles. The van der Waals surface area contributed by atoms with E-state index in [0.717, 1.165) is 96.3 Å². The van der Waals surface area contributed by atoms with Gasteiger partial charge in [-0.3, -0.25) is 9.59 Å². The quantitative estimate of drug-likeness (QED) is 0.0374. The zero-order valence-electron chi connectivity index (χ0n) is 43.9. The molecule has 0 radical (unpaired) electrons. The van der Waals surface area contributed by atoms with E-state index in [1.165, 1.54) is 141 Å². The monoisotopic (exact) mass is 931 g/mol. The molecule has 384 valence electrons. The molecule has 67 heavy (non-hydrogen) atoms. The molecule has 5 nitrogen and oxygen atoms in total. The maximum atomic E-state index is 12.3. The molecule has 0 rings (SSSR count). The largest absolute Gasteiger partial charge is 0.462 e. The van der Waals surface area contributed by atoms with Gasteiger partial charge in [0.15, 0.2) is 6.10 Å². The summed E-state index contributed by atoms with van der Waals surface area (Å²) in [5, 5.41) is 9.65. The average molecular weight is 932 g/mol. The summed E-state index contributed by atoms with van der Waals surface area (Å²) in [6, 6.07) is 0. The summed E-state index contributed by atoms with van der Waals surface area (Å²) in [5.41, 5.74) is 0. The Kier molecular flexibility index (Phi) is 54.4. The van der Waals surface area contributed by atoms with Crippen molar-refractivity contribution < 1.29 is 24.2 Å². The van der Waals surface area contributed by atoms with Gasteiger partial charge in [0.2, 0.25) is 0 Å². The number of allylic oxidation sites excluding steroid dienone is 16. The Morgan fingerprint density at radius 1 is 0.358 bits per heavy atom. The van der Waals surface area contributed by atoms with Crippen molar-refractivity contribution in [1.82, 2.24) is 0 Å². The third-order valence-electron chi connectivity index (χ3n) is 12.1. The van der Waals surface area contributed by atoms with Gasteiger partial charge in [-0.25, -0.2) is 0 Å². The molecular weight excluding hydrogens is 825 g/mol. The topological polar surface area (TPSA) is 72.8 Å². The Bertz CT molecular complexity index is 1280. The minimum Gasteiger partial charge on any atom is -0.462 e. The lowest BCUT2D eigenvalue weighted by atomic mass is 10.0. The molecule has 0 aromatic rings. The SMILES string of the molecule is CC/C=C\C/C=C\C/C=C\C/C=C\C/C=C\C/C=C\C/C=C\C/C=C\CCCCCCCCC(=O)OC(CO)COC(=O)CCCCCCCCCCCCCCCCCCCCCCCC. The standard InChI is InChI=1S/C62H106O5/c1-3-5-7-9-11-13-15-17-19-21-23-25-27-28-29-30-31-32-33-34-35-37-39-41-43-45-47-49-51-53-55-57-62(65)67-60(58-63)59-66-61(64)56-54-52-50-48-46-44-42-40-38-36-26-24-22-20-18-16-14-12-10-8-6-4-2/h5,7,11,13,17,19,23,25,28-29,31-32,34-35,39,41,60,63H,3-4,6,8-10,12,14-16,18,20-22,24,26-27,30,33,36-38,40,42-59H2,1-2H3/b7-5-,13-11-,19-17-,25-23-,29-28-,32-31-,35-34-,41-39-. The summed E-state index contributed by atoms with van der Waals surface area (Å²) in [5.74, 6) is -0.603. The van der Waals surface area contributed by atoms with Crippen LogP contribution in [-0.2, 0) is 19.1 Å². The highest BCUT2D eigenvalue weighted by molar-refractivity contribution is 5.70. The van der Waals surface area contributed by atoms with E-state index >= 15 is 0 Å². The van der Waals surface area contributed by atoms with Gasteiger partial charge < -0.3 is 14.6 Å². The minimum atomic E-state index is -0.785. The summed E-state index contributed by atoms with van der Waals surface area (Å²) in [6.07, 6.45) is 80.9. The van der Waals surface area contributed by atoms with Gasteiger partial charge in [0.25, 0.3) is 0 Å². The molecule has 0 spiro atoms. The lowest BCUT2D eigenvalue weighted by Gasteiger charge is -2.15. The highest BCUT2D eigenvalue weighted by Gasteiger charge is 2.16. The van der Waals surface area contributed by atoms with Crippen molar-refractivity contribution in [3.8, 4) is 0 Å². The first-order valence-corrected chi connectivity index (χ1v) is 28.3. The van der Waals surface area contributed by atoms with Crippen LogP contribution in [0.4, 0.5) is 0 Å². The summed E-state index contributed by atoms with van der Waals surface area (Å²) < 4.78 is 10.7. The fourth-order valence-corrected chi connectivity index (χ4v) is 7.93. The highest BCUT2D eigenvalue weighted by Crippen LogP contribution is 2.16. The second-order valence-electron chi connectivity index (χ2n) is 18.6. The molecule has 1 N–H and O–H groups in total. The van der Waals surface area contributed by atoms with Crippen LogP contribution >= 0.6 is 0 Å². The average Bonchev–Trinajstić information content (AvgIpc) is 3.33. The van der Waals surface area contributed by atoms with E-state index in [2.05, 4.69) is 111 Å². The Morgan fingerprint density at radius 3 is 0.970 bits per heavy atom. The first-order valence-electron chi connectivity index (χ1n) is 28.3. The van der Waals surface area contributed by atoms with Crippen molar-refractivity contribution in [2.75, 3.05) is 13.2 Å². The van der Waals surface area contributed by atoms with Gasteiger partial charge in [-0.15, -0.1) is 0 Å². The zero-order chi connectivity index (χ0) is 48.5. The smallest absolute Gasteiger partial charge is 0.306 e. The third kappa shape index (κ3) is 55.3. The second-order valence-corrected chi connectivity index (χ2v) is 18.6. The molecule has 0 aliphatic carbocycles. The molecule has 0 amide bonds. The van der Waals surface area contributed by atoms with Crippen molar-refractivity contribution in [3.63, 3.8) is 0 Å². The molecule has 5 heteroatoms. The number of aliphatic hydroxyl groups is 1. The van der Waals surface area contributed by atoms with Gasteiger partial charge in [-0.2, -0.15) is 0 Å². The first kappa shape index (κ1) is 63.8. The van der Waals surface area contributed by atoms with E-state index in [4.69, 9.17) is 9.47 Å². The first-order chi connectivity index (χ1) is 33.1. The maximum Gasteiger partial charge on any atom is 0.306 e. The molecule has 1 atom stereocenters. The molecular formula is C62H106O5. The number of ether oxygens (including phenoxy) is 2. The van der Waals surface area contributed by atoms with E-state index in [-0.39, 0.29) is 25.2 Å². The van der Waals surface area contributed by atoms with Crippen molar-refractivity contribution in [2.24, 2.45) is 0 Å². The van der Waals surface area contributed by atoms with Gasteiger partial charge in [-0.05, 0) is 77.0 Å². The highest BCUT2D eigenvalue weighted by atomic mass is 16.6. The molecule has 1 unspecified atom stereocenters. The maximum absolute atomic E-state index is 12.3. The van der Waals surface area contributed by atoms with Crippen molar-refractivity contribution in [1.29, 1.82) is 0 Å².